The smallest absolute Gasteiger partial charge is 0.242 e. The minimum Gasteiger partial charge on any atom is -0.396 e. The number of carbonyl (C=O) groups excluding carboxylic acids is 1. The minimum absolute atomic E-state index is 0.454. The number of nitrogens with two attached hydrogens (primary N) is 2. The van der Waals surface area contributed by atoms with Gasteiger partial charge >= 0.3 is 0 Å². The van der Waals surface area contributed by atoms with Crippen molar-refractivity contribution >= 4 is 17.4 Å². The molecule has 0 spiro atoms. The molecule has 15 heavy (non-hydrogen) atoms. The number of carbonyl (C=O) groups is 1. The van der Waals surface area contributed by atoms with E-state index in [1.165, 1.54) is 0 Å². The van der Waals surface area contributed by atoms with E-state index in [2.05, 4.69) is 10.3 Å². The van der Waals surface area contributed by atoms with Gasteiger partial charge in [-0.25, -0.2) is 4.98 Å². The lowest BCUT2D eigenvalue weighted by Gasteiger charge is -2.24. The normalized spacial score (nSPS) is 11.1. The predicted octanol–water partition coefficient (Wildman–Crippen LogP) is 0.648. The van der Waals surface area contributed by atoms with Crippen molar-refractivity contribution in [2.45, 2.75) is 26.3 Å². The summed E-state index contributed by atoms with van der Waals surface area (Å²) in [5.74, 6) is 0.0315. The van der Waals surface area contributed by atoms with Crippen molar-refractivity contribution in [2.75, 3.05) is 11.1 Å². The largest absolute Gasteiger partial charge is 0.396 e. The molecule has 5 nitrogen and oxygen atoms in total. The van der Waals surface area contributed by atoms with Gasteiger partial charge in [-0.1, -0.05) is 0 Å². The van der Waals surface area contributed by atoms with Crippen LogP contribution in [0.2, 0.25) is 0 Å². The maximum Gasteiger partial charge on any atom is 0.242 e. The summed E-state index contributed by atoms with van der Waals surface area (Å²) in [6.45, 7) is 5.23. The van der Waals surface area contributed by atoms with Crippen LogP contribution in [0.5, 0.6) is 0 Å². The molecule has 0 saturated carbocycles. The van der Waals surface area contributed by atoms with Gasteiger partial charge in [-0.15, -0.1) is 0 Å². The van der Waals surface area contributed by atoms with E-state index in [4.69, 9.17) is 11.5 Å². The standard InChI is InChI=1S/C10H16N4O/c1-6-4-5-13-8(7(6)11)14-10(2,3)9(12)15/h4-5H,11H2,1-3H3,(H2,12,15)(H,13,14). The van der Waals surface area contributed by atoms with Crippen LogP contribution in [0.4, 0.5) is 11.5 Å². The molecule has 0 aliphatic carbocycles. The first kappa shape index (κ1) is 11.3. The van der Waals surface area contributed by atoms with Crippen LogP contribution >= 0.6 is 0 Å². The molecule has 1 rings (SSSR count). The number of aryl methyl sites for hydroxylation is 1. The highest BCUT2D eigenvalue weighted by molar-refractivity contribution is 5.87. The number of hydrogen-bond acceptors (Lipinski definition) is 4. The second-order valence-corrected chi connectivity index (χ2v) is 4.00. The van der Waals surface area contributed by atoms with E-state index in [9.17, 15) is 4.79 Å². The molecule has 82 valence electrons. The lowest BCUT2D eigenvalue weighted by molar-refractivity contribution is -0.121. The van der Waals surface area contributed by atoms with Gasteiger partial charge in [-0.05, 0) is 32.4 Å². The molecule has 0 fully saturated rings. The van der Waals surface area contributed by atoms with Crippen LogP contribution in [0.25, 0.3) is 0 Å². The zero-order valence-electron chi connectivity index (χ0n) is 9.16. The number of amides is 1. The molecule has 0 radical (unpaired) electrons. The van der Waals surface area contributed by atoms with Gasteiger partial charge in [0, 0.05) is 6.20 Å². The van der Waals surface area contributed by atoms with E-state index < -0.39 is 11.4 Å². The molecule has 1 aromatic rings. The zero-order valence-corrected chi connectivity index (χ0v) is 9.16. The van der Waals surface area contributed by atoms with E-state index in [1.54, 1.807) is 26.1 Å². The van der Waals surface area contributed by atoms with Gasteiger partial charge in [-0.2, -0.15) is 0 Å². The SMILES string of the molecule is Cc1ccnc(NC(C)(C)C(N)=O)c1N. The Balaban J connectivity index is 3.00. The molecule has 0 unspecified atom stereocenters. The second kappa shape index (κ2) is 3.76. The zero-order chi connectivity index (χ0) is 11.6. The Labute approximate surface area is 88.9 Å². The predicted molar refractivity (Wildman–Crippen MR) is 60.3 cm³/mol. The fraction of sp³-hybridized carbons (Fsp3) is 0.400. The Hall–Kier alpha value is -1.78. The van der Waals surface area contributed by atoms with E-state index in [-0.39, 0.29) is 0 Å². The summed E-state index contributed by atoms with van der Waals surface area (Å²) < 4.78 is 0. The quantitative estimate of drug-likeness (QED) is 0.679. The van der Waals surface area contributed by atoms with Crippen molar-refractivity contribution in [3.8, 4) is 0 Å². The highest BCUT2D eigenvalue weighted by atomic mass is 16.1. The first-order valence-electron chi connectivity index (χ1n) is 4.64. The van der Waals surface area contributed by atoms with Crippen LogP contribution in [-0.2, 0) is 4.79 Å². The molecule has 0 aliphatic heterocycles. The fourth-order valence-corrected chi connectivity index (χ4v) is 1.03. The van der Waals surface area contributed by atoms with Crippen molar-refractivity contribution < 1.29 is 4.79 Å². The Kier molecular flexibility index (Phi) is 2.83. The third kappa shape index (κ3) is 2.37. The molecule has 1 aromatic heterocycles. The summed E-state index contributed by atoms with van der Waals surface area (Å²) in [5, 5.41) is 2.92. The molecule has 1 heterocycles. The molecular weight excluding hydrogens is 192 g/mol. The highest BCUT2D eigenvalue weighted by Crippen LogP contribution is 2.22. The van der Waals surface area contributed by atoms with Gasteiger partial charge in [-0.3, -0.25) is 4.79 Å². The second-order valence-electron chi connectivity index (χ2n) is 4.00. The number of pyridine rings is 1. The van der Waals surface area contributed by atoms with Crippen LogP contribution in [0, 0.1) is 6.92 Å². The van der Waals surface area contributed by atoms with Gasteiger partial charge in [0.2, 0.25) is 5.91 Å². The fourth-order valence-electron chi connectivity index (χ4n) is 1.03. The minimum atomic E-state index is -0.866. The first-order chi connectivity index (χ1) is 6.84. The molecule has 0 aliphatic rings. The van der Waals surface area contributed by atoms with Gasteiger partial charge in [0.15, 0.2) is 0 Å². The van der Waals surface area contributed by atoms with Crippen LogP contribution in [-0.4, -0.2) is 16.4 Å². The van der Waals surface area contributed by atoms with E-state index in [0.29, 0.717) is 11.5 Å². The molecule has 0 atom stereocenters. The van der Waals surface area contributed by atoms with Gasteiger partial charge in [0.1, 0.15) is 11.4 Å². The Morgan fingerprint density at radius 3 is 2.67 bits per heavy atom. The van der Waals surface area contributed by atoms with E-state index in [0.717, 1.165) is 5.56 Å². The highest BCUT2D eigenvalue weighted by Gasteiger charge is 2.25. The number of anilines is 2. The Bertz CT molecular complexity index is 387. The summed E-state index contributed by atoms with van der Waals surface area (Å²) in [5.41, 5.74) is 11.6. The number of hydrogen-bond donors (Lipinski definition) is 3. The average molecular weight is 208 g/mol. The maximum atomic E-state index is 11.1. The van der Waals surface area contributed by atoms with Crippen molar-refractivity contribution in [1.82, 2.24) is 4.98 Å². The third-order valence-corrected chi connectivity index (χ3v) is 2.26. The monoisotopic (exact) mass is 208 g/mol. The summed E-state index contributed by atoms with van der Waals surface area (Å²) in [7, 11) is 0. The average Bonchev–Trinajstić information content (AvgIpc) is 2.12. The number of nitrogen functional groups attached to an aromatic ring is 1. The maximum absolute atomic E-state index is 11.1. The third-order valence-electron chi connectivity index (χ3n) is 2.26. The molecule has 0 aromatic carbocycles. The number of nitrogens with zero attached hydrogens (tertiary/aromatic N) is 1. The molecule has 5 heteroatoms. The van der Waals surface area contributed by atoms with Crippen molar-refractivity contribution in [1.29, 1.82) is 0 Å². The lowest BCUT2D eigenvalue weighted by atomic mass is 10.0. The van der Waals surface area contributed by atoms with Gasteiger partial charge in [0.25, 0.3) is 0 Å². The summed E-state index contributed by atoms with van der Waals surface area (Å²) in [4.78, 5) is 15.2. The van der Waals surface area contributed by atoms with E-state index >= 15 is 0 Å². The van der Waals surface area contributed by atoms with Crippen LogP contribution < -0.4 is 16.8 Å². The summed E-state index contributed by atoms with van der Waals surface area (Å²) in [6.07, 6.45) is 1.63. The number of nitrogens with one attached hydrogen (secondary N) is 1. The molecular formula is C10H16N4O. The van der Waals surface area contributed by atoms with Crippen molar-refractivity contribution in [3.05, 3.63) is 17.8 Å². The number of primary amides is 1. The Morgan fingerprint density at radius 2 is 2.13 bits per heavy atom. The van der Waals surface area contributed by atoms with E-state index in [1.807, 2.05) is 6.92 Å². The number of aromatic nitrogens is 1. The van der Waals surface area contributed by atoms with Crippen molar-refractivity contribution in [3.63, 3.8) is 0 Å². The van der Waals surface area contributed by atoms with Crippen LogP contribution in [0.15, 0.2) is 12.3 Å². The lowest BCUT2D eigenvalue weighted by Crippen LogP contribution is -2.45. The molecule has 0 saturated heterocycles. The summed E-state index contributed by atoms with van der Waals surface area (Å²) >= 11 is 0. The van der Waals surface area contributed by atoms with Crippen LogP contribution in [0.1, 0.15) is 19.4 Å². The topological polar surface area (TPSA) is 94.0 Å². The molecule has 5 N–H and O–H groups in total. The summed E-state index contributed by atoms with van der Waals surface area (Å²) in [6, 6.07) is 1.80. The number of rotatable bonds is 3. The molecule has 1 amide bonds. The van der Waals surface area contributed by atoms with Gasteiger partial charge in [0.05, 0.1) is 5.69 Å². The van der Waals surface area contributed by atoms with Gasteiger partial charge < -0.3 is 16.8 Å². The Morgan fingerprint density at radius 1 is 1.53 bits per heavy atom. The van der Waals surface area contributed by atoms with Crippen LogP contribution in [0.3, 0.4) is 0 Å². The molecule has 0 bridgehead atoms. The van der Waals surface area contributed by atoms with Crippen molar-refractivity contribution in [2.24, 2.45) is 5.73 Å². The first-order valence-corrected chi connectivity index (χ1v) is 4.64.